The number of amides is 2. The number of likely N-dealkylation sites (tertiary alicyclic amines) is 2. The quantitative estimate of drug-likeness (QED) is 0.318. The summed E-state index contributed by atoms with van der Waals surface area (Å²) in [6, 6.07) is 12.3. The molecule has 44 heavy (non-hydrogen) atoms. The van der Waals surface area contributed by atoms with Crippen LogP contribution in [0.3, 0.4) is 0 Å². The van der Waals surface area contributed by atoms with Crippen LogP contribution in [0.15, 0.2) is 41.8 Å². The minimum atomic E-state index is -0.461. The second-order valence-electron chi connectivity index (χ2n) is 12.7. The first kappa shape index (κ1) is 31.7. The Morgan fingerprint density at radius 1 is 1.05 bits per heavy atom. The third-order valence-electron chi connectivity index (χ3n) is 7.98. The largest absolute Gasteiger partial charge is 0.492 e. The van der Waals surface area contributed by atoms with E-state index in [1.807, 2.05) is 43.2 Å². The van der Waals surface area contributed by atoms with E-state index in [2.05, 4.69) is 39.5 Å². The minimum Gasteiger partial charge on any atom is -0.492 e. The number of ether oxygens (including phenoxy) is 3. The Balaban J connectivity index is 1.08. The Labute approximate surface area is 262 Å². The molecule has 2 amide bonds. The predicted molar refractivity (Wildman–Crippen MR) is 170 cm³/mol. The monoisotopic (exact) mass is 622 g/mol. The van der Waals surface area contributed by atoms with Crippen molar-refractivity contribution >= 4 is 40.1 Å². The highest BCUT2D eigenvalue weighted by atomic mass is 32.1. The molecule has 3 heterocycles. The second-order valence-corrected chi connectivity index (χ2v) is 13.5. The molecular formula is C33H42N4O6S. The third-order valence-corrected chi connectivity index (χ3v) is 8.92. The van der Waals surface area contributed by atoms with E-state index in [-0.39, 0.29) is 37.0 Å². The molecule has 2 aliphatic heterocycles. The van der Waals surface area contributed by atoms with Gasteiger partial charge in [0.2, 0.25) is 5.91 Å². The normalized spacial score (nSPS) is 16.4. The number of esters is 1. The van der Waals surface area contributed by atoms with Crippen LogP contribution >= 0.6 is 11.3 Å². The second kappa shape index (κ2) is 13.5. The summed E-state index contributed by atoms with van der Waals surface area (Å²) in [5.41, 5.74) is 1.41. The first-order valence-corrected chi connectivity index (χ1v) is 16.1. The molecule has 11 heteroatoms. The molecular weight excluding hydrogens is 580 g/mol. The van der Waals surface area contributed by atoms with Crippen LogP contribution in [0.25, 0.3) is 21.3 Å². The van der Waals surface area contributed by atoms with E-state index in [0.717, 1.165) is 72.7 Å². The van der Waals surface area contributed by atoms with Crippen LogP contribution in [-0.4, -0.2) is 90.8 Å². The number of piperidine rings is 1. The van der Waals surface area contributed by atoms with Gasteiger partial charge in [0, 0.05) is 36.0 Å². The Bertz CT molecular complexity index is 1480. The van der Waals surface area contributed by atoms with Crippen molar-refractivity contribution in [1.82, 2.24) is 20.1 Å². The minimum absolute atomic E-state index is 0.101. The van der Waals surface area contributed by atoms with Gasteiger partial charge in [0.25, 0.3) is 0 Å². The molecule has 10 nitrogen and oxygen atoms in total. The Morgan fingerprint density at radius 3 is 2.52 bits per heavy atom. The van der Waals surface area contributed by atoms with Crippen LogP contribution in [0.5, 0.6) is 5.75 Å². The van der Waals surface area contributed by atoms with Gasteiger partial charge in [-0.05, 0) is 82.6 Å². The first-order chi connectivity index (χ1) is 21.0. The molecule has 3 aromatic rings. The highest BCUT2D eigenvalue weighted by molar-refractivity contribution is 7.13. The smallest absolute Gasteiger partial charge is 0.410 e. The van der Waals surface area contributed by atoms with Gasteiger partial charge in [0.15, 0.2) is 0 Å². The molecule has 2 aliphatic rings. The van der Waals surface area contributed by atoms with Gasteiger partial charge in [-0.3, -0.25) is 14.5 Å². The predicted octanol–water partition coefficient (Wildman–Crippen LogP) is 4.90. The fourth-order valence-electron chi connectivity index (χ4n) is 5.66. The van der Waals surface area contributed by atoms with Gasteiger partial charge in [0.05, 0.1) is 18.7 Å². The van der Waals surface area contributed by atoms with E-state index in [4.69, 9.17) is 14.2 Å². The van der Waals surface area contributed by atoms with Crippen LogP contribution in [0.4, 0.5) is 4.79 Å². The van der Waals surface area contributed by atoms with Crippen molar-refractivity contribution in [3.63, 3.8) is 0 Å². The summed E-state index contributed by atoms with van der Waals surface area (Å²) < 4.78 is 16.5. The molecule has 236 valence electrons. The Kier molecular flexibility index (Phi) is 9.75. The molecule has 1 spiro atoms. The van der Waals surface area contributed by atoms with Crippen LogP contribution in [0.2, 0.25) is 0 Å². The molecule has 2 aromatic carbocycles. The number of aromatic nitrogens is 1. The van der Waals surface area contributed by atoms with Crippen LogP contribution < -0.4 is 10.1 Å². The Hall–Kier alpha value is -3.70. The lowest BCUT2D eigenvalue weighted by Crippen LogP contribution is -2.62. The number of benzene rings is 2. The first-order valence-electron chi connectivity index (χ1n) is 15.2. The van der Waals surface area contributed by atoms with Crippen LogP contribution in [0.1, 0.15) is 46.2 Å². The average molecular weight is 623 g/mol. The molecule has 1 aromatic heterocycles. The van der Waals surface area contributed by atoms with Gasteiger partial charge in [-0.15, -0.1) is 11.3 Å². The highest BCUT2D eigenvalue weighted by Crippen LogP contribution is 2.41. The number of carbonyl (C=O) groups excluding carboxylic acids is 3. The highest BCUT2D eigenvalue weighted by Gasteiger charge is 2.47. The van der Waals surface area contributed by atoms with Crippen LogP contribution in [0, 0.1) is 5.41 Å². The van der Waals surface area contributed by atoms with Crippen molar-refractivity contribution in [3.05, 3.63) is 47.5 Å². The van der Waals surface area contributed by atoms with Crippen molar-refractivity contribution in [2.24, 2.45) is 5.41 Å². The van der Waals surface area contributed by atoms with E-state index in [0.29, 0.717) is 12.3 Å². The van der Waals surface area contributed by atoms with Crippen molar-refractivity contribution in [1.29, 1.82) is 0 Å². The summed E-state index contributed by atoms with van der Waals surface area (Å²) in [5.74, 6) is 0.0997. The number of hydrogen-bond donors (Lipinski definition) is 1. The SMILES string of the molecule is CCOC(=O)CNC(=O)Cc1csc(-c2ccc3ccc(OCCN4CCC5(CC4)CN(C(=O)OC(C)(C)C)C5)cc3c2)n1. The molecule has 0 unspecified atom stereocenters. The zero-order valence-electron chi connectivity index (χ0n) is 26.0. The van der Waals surface area contributed by atoms with Crippen molar-refractivity contribution < 1.29 is 28.6 Å². The van der Waals surface area contributed by atoms with Gasteiger partial charge in [-0.25, -0.2) is 9.78 Å². The molecule has 0 bridgehead atoms. The molecule has 0 radical (unpaired) electrons. The van der Waals surface area contributed by atoms with Gasteiger partial charge < -0.3 is 24.4 Å². The summed E-state index contributed by atoms with van der Waals surface area (Å²) in [4.78, 5) is 44.9. The van der Waals surface area contributed by atoms with Crippen molar-refractivity contribution in [2.75, 3.05) is 52.5 Å². The van der Waals surface area contributed by atoms with E-state index in [9.17, 15) is 14.4 Å². The summed E-state index contributed by atoms with van der Waals surface area (Å²) in [7, 11) is 0. The fourth-order valence-corrected chi connectivity index (χ4v) is 6.47. The summed E-state index contributed by atoms with van der Waals surface area (Å²) in [6.07, 6.45) is 2.07. The van der Waals surface area contributed by atoms with Gasteiger partial charge in [-0.1, -0.05) is 18.2 Å². The van der Waals surface area contributed by atoms with E-state index in [1.54, 1.807) is 6.92 Å². The molecule has 2 saturated heterocycles. The lowest BCUT2D eigenvalue weighted by Gasteiger charge is -2.53. The lowest BCUT2D eigenvalue weighted by molar-refractivity contribution is -0.143. The average Bonchev–Trinajstić information content (AvgIpc) is 3.42. The summed E-state index contributed by atoms with van der Waals surface area (Å²) in [5, 5.41) is 7.44. The van der Waals surface area contributed by atoms with Crippen LogP contribution in [-0.2, 0) is 25.5 Å². The summed E-state index contributed by atoms with van der Waals surface area (Å²) in [6.45, 7) is 12.6. The van der Waals surface area contributed by atoms with Crippen molar-refractivity contribution in [2.45, 2.75) is 52.6 Å². The maximum absolute atomic E-state index is 12.3. The Morgan fingerprint density at radius 2 is 1.80 bits per heavy atom. The summed E-state index contributed by atoms with van der Waals surface area (Å²) >= 11 is 1.48. The van der Waals surface area contributed by atoms with Crippen molar-refractivity contribution in [3.8, 4) is 16.3 Å². The van der Waals surface area contributed by atoms with Gasteiger partial charge >= 0.3 is 12.1 Å². The molecule has 1 N–H and O–H groups in total. The number of thiazole rings is 1. The lowest BCUT2D eigenvalue weighted by atomic mass is 9.72. The fraction of sp³-hybridized carbons (Fsp3) is 0.515. The third kappa shape index (κ3) is 8.26. The number of rotatable bonds is 10. The topological polar surface area (TPSA) is 110 Å². The molecule has 5 rings (SSSR count). The molecule has 0 aliphatic carbocycles. The molecule has 2 fully saturated rings. The van der Waals surface area contributed by atoms with Gasteiger partial charge in [0.1, 0.15) is 29.5 Å². The standard InChI is InChI=1S/C33H42N4O6S/c1-5-41-29(39)19-34-28(38)18-26-20-44-30(35-26)24-7-6-23-8-9-27(17-25(23)16-24)42-15-14-36-12-10-33(11-13-36)21-37(22-33)31(40)43-32(2,3)4/h6-9,16-17,20H,5,10-15,18-19,21-22H2,1-4H3,(H,34,38). The number of fused-ring (bicyclic) bond motifs is 1. The molecule has 0 saturated carbocycles. The number of carbonyl (C=O) groups is 3. The van der Waals surface area contributed by atoms with E-state index >= 15 is 0 Å². The zero-order valence-corrected chi connectivity index (χ0v) is 26.8. The number of hydrogen-bond acceptors (Lipinski definition) is 9. The molecule has 0 atom stereocenters. The maximum Gasteiger partial charge on any atom is 0.410 e. The number of nitrogens with one attached hydrogen (secondary N) is 1. The van der Waals surface area contributed by atoms with E-state index in [1.165, 1.54) is 11.3 Å². The zero-order chi connectivity index (χ0) is 31.3. The number of nitrogens with zero attached hydrogens (tertiary/aromatic N) is 3. The maximum atomic E-state index is 12.3. The van der Waals surface area contributed by atoms with Gasteiger partial charge in [-0.2, -0.15) is 0 Å². The van der Waals surface area contributed by atoms with E-state index < -0.39 is 11.6 Å².